The minimum atomic E-state index is -0.272. The predicted molar refractivity (Wildman–Crippen MR) is 96.5 cm³/mol. The Morgan fingerprint density at radius 2 is 2.08 bits per heavy atom. The Bertz CT molecular complexity index is 784. The summed E-state index contributed by atoms with van der Waals surface area (Å²) in [5.41, 5.74) is 2.99. The maximum atomic E-state index is 13.7. The van der Waals surface area contributed by atoms with Gasteiger partial charge in [-0.3, -0.25) is 14.4 Å². The van der Waals surface area contributed by atoms with Gasteiger partial charge in [0.05, 0.1) is 30.5 Å². The highest BCUT2D eigenvalue weighted by Gasteiger charge is 2.25. The predicted octanol–water partition coefficient (Wildman–Crippen LogP) is 1.98. The zero-order valence-electron chi connectivity index (χ0n) is 15.5. The Morgan fingerprint density at radius 1 is 1.35 bits per heavy atom. The first kappa shape index (κ1) is 18.5. The molecule has 0 saturated carbocycles. The van der Waals surface area contributed by atoms with Crippen molar-refractivity contribution in [3.8, 4) is 0 Å². The van der Waals surface area contributed by atoms with E-state index in [-0.39, 0.29) is 17.8 Å². The summed E-state index contributed by atoms with van der Waals surface area (Å²) in [6.07, 6.45) is 0. The molecule has 1 aromatic carbocycles. The van der Waals surface area contributed by atoms with Gasteiger partial charge < -0.3 is 10.1 Å². The molecule has 1 N–H and O–H groups in total. The van der Waals surface area contributed by atoms with Gasteiger partial charge in [-0.25, -0.2) is 4.39 Å². The molecule has 1 atom stereocenters. The molecule has 7 heteroatoms. The van der Waals surface area contributed by atoms with Crippen LogP contribution in [0.4, 0.5) is 4.39 Å². The number of amides is 1. The number of nitrogens with one attached hydrogen (secondary N) is 1. The lowest BCUT2D eigenvalue weighted by molar-refractivity contribution is 0.0162. The van der Waals surface area contributed by atoms with E-state index in [2.05, 4.69) is 15.3 Å². The van der Waals surface area contributed by atoms with E-state index in [4.69, 9.17) is 4.74 Å². The second-order valence-electron chi connectivity index (χ2n) is 6.60. The van der Waals surface area contributed by atoms with E-state index in [0.717, 1.165) is 24.3 Å². The number of aryl methyl sites for hydroxylation is 2. The van der Waals surface area contributed by atoms with Crippen LogP contribution in [0.15, 0.2) is 24.3 Å². The third-order valence-corrected chi connectivity index (χ3v) is 4.91. The summed E-state index contributed by atoms with van der Waals surface area (Å²) < 4.78 is 20.9. The number of hydrogen-bond donors (Lipinski definition) is 1. The highest BCUT2D eigenvalue weighted by atomic mass is 19.1. The highest BCUT2D eigenvalue weighted by molar-refractivity contribution is 5.96. The maximum Gasteiger partial charge on any atom is 0.255 e. The minimum Gasteiger partial charge on any atom is -0.379 e. The summed E-state index contributed by atoms with van der Waals surface area (Å²) in [4.78, 5) is 14.9. The molecule has 1 fully saturated rings. The number of benzene rings is 1. The molecule has 6 nitrogen and oxygen atoms in total. The monoisotopic (exact) mass is 360 g/mol. The molecular weight excluding hydrogens is 335 g/mol. The Labute approximate surface area is 152 Å². The highest BCUT2D eigenvalue weighted by Crippen LogP contribution is 2.22. The summed E-state index contributed by atoms with van der Waals surface area (Å²) in [7, 11) is 1.82. The van der Waals surface area contributed by atoms with Crippen LogP contribution in [0.1, 0.15) is 33.4 Å². The van der Waals surface area contributed by atoms with Crippen LogP contribution >= 0.6 is 0 Å². The molecule has 1 saturated heterocycles. The van der Waals surface area contributed by atoms with Crippen molar-refractivity contribution in [2.24, 2.45) is 7.05 Å². The first-order valence-corrected chi connectivity index (χ1v) is 8.83. The molecule has 0 bridgehead atoms. The van der Waals surface area contributed by atoms with Crippen LogP contribution in [-0.2, 0) is 11.8 Å². The van der Waals surface area contributed by atoms with Gasteiger partial charge >= 0.3 is 0 Å². The molecule has 26 heavy (non-hydrogen) atoms. The van der Waals surface area contributed by atoms with Crippen LogP contribution in [0, 0.1) is 19.7 Å². The van der Waals surface area contributed by atoms with E-state index in [0.29, 0.717) is 31.0 Å². The Morgan fingerprint density at radius 3 is 2.69 bits per heavy atom. The summed E-state index contributed by atoms with van der Waals surface area (Å²) in [6.45, 7) is 6.89. The fourth-order valence-corrected chi connectivity index (χ4v) is 3.44. The largest absolute Gasteiger partial charge is 0.379 e. The summed E-state index contributed by atoms with van der Waals surface area (Å²) in [5.74, 6) is -0.422. The summed E-state index contributed by atoms with van der Waals surface area (Å²) >= 11 is 0. The van der Waals surface area contributed by atoms with Gasteiger partial charge in [-0.2, -0.15) is 5.10 Å². The van der Waals surface area contributed by atoms with Crippen LogP contribution in [0.3, 0.4) is 0 Å². The number of morpholine rings is 1. The van der Waals surface area contributed by atoms with E-state index in [1.807, 2.05) is 27.0 Å². The van der Waals surface area contributed by atoms with Gasteiger partial charge in [-0.1, -0.05) is 12.1 Å². The number of carbonyl (C=O) groups excluding carboxylic acids is 1. The van der Waals surface area contributed by atoms with Gasteiger partial charge in [0.25, 0.3) is 5.91 Å². The SMILES string of the molecule is Cc1nn(C)c(C)c1C(=O)NCC(c1cccc(F)c1)N1CCOCC1. The van der Waals surface area contributed by atoms with Crippen LogP contribution in [0.2, 0.25) is 0 Å². The lowest BCUT2D eigenvalue weighted by Gasteiger charge is -2.35. The van der Waals surface area contributed by atoms with E-state index in [1.165, 1.54) is 12.1 Å². The maximum absolute atomic E-state index is 13.7. The van der Waals surface area contributed by atoms with E-state index >= 15 is 0 Å². The average Bonchev–Trinajstić information content (AvgIpc) is 2.88. The Balaban J connectivity index is 1.78. The quantitative estimate of drug-likeness (QED) is 0.886. The number of hydrogen-bond acceptors (Lipinski definition) is 4. The lowest BCUT2D eigenvalue weighted by atomic mass is 10.0. The number of nitrogens with zero attached hydrogens (tertiary/aromatic N) is 3. The molecule has 2 heterocycles. The first-order chi connectivity index (χ1) is 12.5. The van der Waals surface area contributed by atoms with Gasteiger partial charge in [0.15, 0.2) is 0 Å². The molecule has 1 aliphatic rings. The van der Waals surface area contributed by atoms with Crippen molar-refractivity contribution >= 4 is 5.91 Å². The summed E-state index contributed by atoms with van der Waals surface area (Å²) in [6, 6.07) is 6.47. The van der Waals surface area contributed by atoms with Crippen LogP contribution in [-0.4, -0.2) is 53.4 Å². The first-order valence-electron chi connectivity index (χ1n) is 8.83. The van der Waals surface area contributed by atoms with E-state index in [1.54, 1.807) is 10.7 Å². The van der Waals surface area contributed by atoms with Gasteiger partial charge in [0.1, 0.15) is 5.82 Å². The Kier molecular flexibility index (Phi) is 5.68. The van der Waals surface area contributed by atoms with Gasteiger partial charge in [-0.15, -0.1) is 0 Å². The minimum absolute atomic E-state index is 0.101. The third-order valence-electron chi connectivity index (χ3n) is 4.91. The van der Waals surface area contributed by atoms with Gasteiger partial charge in [0, 0.05) is 32.4 Å². The molecule has 2 aromatic rings. The van der Waals surface area contributed by atoms with Crippen LogP contribution in [0.5, 0.6) is 0 Å². The molecule has 1 amide bonds. The normalized spacial score (nSPS) is 16.5. The zero-order chi connectivity index (χ0) is 18.7. The smallest absolute Gasteiger partial charge is 0.255 e. The third kappa shape index (κ3) is 3.94. The summed E-state index contributed by atoms with van der Waals surface area (Å²) in [5, 5.41) is 7.31. The number of ether oxygens (including phenoxy) is 1. The lowest BCUT2D eigenvalue weighted by Crippen LogP contribution is -2.44. The molecule has 0 radical (unpaired) electrons. The molecule has 0 spiro atoms. The second kappa shape index (κ2) is 7.97. The van der Waals surface area contributed by atoms with Crippen LogP contribution < -0.4 is 5.32 Å². The van der Waals surface area contributed by atoms with Gasteiger partial charge in [-0.05, 0) is 31.5 Å². The van der Waals surface area contributed by atoms with Crippen molar-refractivity contribution in [1.82, 2.24) is 20.0 Å². The second-order valence-corrected chi connectivity index (χ2v) is 6.60. The van der Waals surface area contributed by atoms with Crippen LogP contribution in [0.25, 0.3) is 0 Å². The molecule has 3 rings (SSSR count). The number of rotatable bonds is 5. The number of aromatic nitrogens is 2. The van der Waals surface area contributed by atoms with Crippen molar-refractivity contribution in [2.45, 2.75) is 19.9 Å². The zero-order valence-corrected chi connectivity index (χ0v) is 15.5. The molecule has 1 aliphatic heterocycles. The molecule has 1 unspecified atom stereocenters. The number of halogens is 1. The Hall–Kier alpha value is -2.25. The fraction of sp³-hybridized carbons (Fsp3) is 0.474. The standard InChI is InChI=1S/C19H25FN4O2/c1-13-18(14(2)23(3)22-13)19(25)21-12-17(24-7-9-26-10-8-24)15-5-4-6-16(20)11-15/h4-6,11,17H,7-10,12H2,1-3H3,(H,21,25). The van der Waals surface area contributed by atoms with Crippen molar-refractivity contribution in [3.63, 3.8) is 0 Å². The van der Waals surface area contributed by atoms with Gasteiger partial charge in [0.2, 0.25) is 0 Å². The van der Waals surface area contributed by atoms with Crippen molar-refractivity contribution < 1.29 is 13.9 Å². The number of carbonyl (C=O) groups is 1. The van der Waals surface area contributed by atoms with E-state index < -0.39 is 0 Å². The molecular formula is C19H25FN4O2. The topological polar surface area (TPSA) is 59.4 Å². The van der Waals surface area contributed by atoms with Crippen molar-refractivity contribution in [3.05, 3.63) is 52.6 Å². The molecule has 140 valence electrons. The molecule has 1 aromatic heterocycles. The van der Waals surface area contributed by atoms with Crippen molar-refractivity contribution in [1.29, 1.82) is 0 Å². The van der Waals surface area contributed by atoms with E-state index in [9.17, 15) is 9.18 Å². The van der Waals surface area contributed by atoms with Crippen molar-refractivity contribution in [2.75, 3.05) is 32.8 Å². The molecule has 0 aliphatic carbocycles. The fourth-order valence-electron chi connectivity index (χ4n) is 3.44. The average molecular weight is 360 g/mol.